The van der Waals surface area contributed by atoms with E-state index in [1.807, 2.05) is 0 Å². The second-order valence-electron chi connectivity index (χ2n) is 3.64. The summed E-state index contributed by atoms with van der Waals surface area (Å²) >= 11 is 1.41. The highest BCUT2D eigenvalue weighted by atomic mass is 32.1. The summed E-state index contributed by atoms with van der Waals surface area (Å²) in [6, 6.07) is 6.48. The minimum Gasteiger partial charge on any atom is -0.478 e. The van der Waals surface area contributed by atoms with E-state index in [1.165, 1.54) is 17.4 Å². The van der Waals surface area contributed by atoms with Crippen LogP contribution in [0.1, 0.15) is 10.4 Å². The predicted molar refractivity (Wildman–Crippen MR) is 67.8 cm³/mol. The zero-order valence-corrected chi connectivity index (χ0v) is 10.3. The van der Waals surface area contributed by atoms with Crippen LogP contribution in [-0.4, -0.2) is 26.3 Å². The Morgan fingerprint density at radius 3 is 2.74 bits per heavy atom. The number of nitrogens with zero attached hydrogens (tertiary/aromatic N) is 3. The van der Waals surface area contributed by atoms with Crippen LogP contribution in [0.2, 0.25) is 0 Å². The smallest absolute Gasteiger partial charge is 0.336 e. The van der Waals surface area contributed by atoms with Crippen LogP contribution in [0.4, 0.5) is 0 Å². The maximum atomic E-state index is 11.1. The monoisotopic (exact) mass is 273 g/mol. The van der Waals surface area contributed by atoms with Crippen molar-refractivity contribution in [1.29, 1.82) is 0 Å². The SMILES string of the molecule is O=C(O)c1ccccc1-c1nnc(-c2cscn2)o1. The molecule has 0 atom stereocenters. The van der Waals surface area contributed by atoms with E-state index < -0.39 is 5.97 Å². The molecule has 19 heavy (non-hydrogen) atoms. The zero-order valence-electron chi connectivity index (χ0n) is 9.48. The van der Waals surface area contributed by atoms with Crippen molar-refractivity contribution in [2.24, 2.45) is 0 Å². The Balaban J connectivity index is 2.06. The molecule has 6 nitrogen and oxygen atoms in total. The summed E-state index contributed by atoms with van der Waals surface area (Å²) in [7, 11) is 0. The Labute approximate surface area is 111 Å². The molecule has 1 aromatic carbocycles. The number of aromatic carboxylic acids is 1. The van der Waals surface area contributed by atoms with Crippen molar-refractivity contribution in [2.75, 3.05) is 0 Å². The van der Waals surface area contributed by atoms with Crippen molar-refractivity contribution in [1.82, 2.24) is 15.2 Å². The Bertz CT molecular complexity index is 721. The highest BCUT2D eigenvalue weighted by molar-refractivity contribution is 7.07. The summed E-state index contributed by atoms with van der Waals surface area (Å²) in [5, 5.41) is 18.6. The fourth-order valence-corrected chi connectivity index (χ4v) is 2.14. The molecular formula is C12H7N3O3S. The first kappa shape index (κ1) is 11.5. The normalized spacial score (nSPS) is 10.5. The summed E-state index contributed by atoms with van der Waals surface area (Å²) < 4.78 is 5.46. The van der Waals surface area contributed by atoms with E-state index in [4.69, 9.17) is 9.52 Å². The molecule has 2 heterocycles. The molecule has 0 unspecified atom stereocenters. The Kier molecular flexibility index (Phi) is 2.81. The van der Waals surface area contributed by atoms with Gasteiger partial charge in [0, 0.05) is 5.38 Å². The molecule has 0 aliphatic heterocycles. The fourth-order valence-electron chi connectivity index (χ4n) is 1.61. The molecule has 3 rings (SSSR count). The highest BCUT2D eigenvalue weighted by Crippen LogP contribution is 2.26. The van der Waals surface area contributed by atoms with Gasteiger partial charge in [0.2, 0.25) is 5.89 Å². The van der Waals surface area contributed by atoms with E-state index >= 15 is 0 Å². The second kappa shape index (κ2) is 4.62. The molecule has 7 heteroatoms. The molecular weight excluding hydrogens is 266 g/mol. The number of aromatic nitrogens is 3. The predicted octanol–water partition coefficient (Wildman–Crippen LogP) is 2.56. The largest absolute Gasteiger partial charge is 0.478 e. The number of thiazole rings is 1. The molecule has 0 spiro atoms. The quantitative estimate of drug-likeness (QED) is 0.788. The highest BCUT2D eigenvalue weighted by Gasteiger charge is 2.17. The summed E-state index contributed by atoms with van der Waals surface area (Å²) in [4.78, 5) is 15.2. The van der Waals surface area contributed by atoms with Gasteiger partial charge in [-0.05, 0) is 12.1 Å². The van der Waals surface area contributed by atoms with E-state index in [0.717, 1.165) is 0 Å². The Hall–Kier alpha value is -2.54. The second-order valence-corrected chi connectivity index (χ2v) is 4.36. The van der Waals surface area contributed by atoms with Gasteiger partial charge in [-0.1, -0.05) is 12.1 Å². The first-order chi connectivity index (χ1) is 9.25. The summed E-state index contributed by atoms with van der Waals surface area (Å²) in [6.07, 6.45) is 0. The summed E-state index contributed by atoms with van der Waals surface area (Å²) in [6.45, 7) is 0. The lowest BCUT2D eigenvalue weighted by atomic mass is 10.1. The molecule has 1 N–H and O–H groups in total. The van der Waals surface area contributed by atoms with Crippen LogP contribution in [0.3, 0.4) is 0 Å². The van der Waals surface area contributed by atoms with E-state index in [2.05, 4.69) is 15.2 Å². The van der Waals surface area contributed by atoms with Gasteiger partial charge in [-0.3, -0.25) is 0 Å². The zero-order chi connectivity index (χ0) is 13.2. The van der Waals surface area contributed by atoms with Crippen LogP contribution in [0.25, 0.3) is 23.0 Å². The number of carboxylic acids is 1. The molecule has 0 aliphatic carbocycles. The van der Waals surface area contributed by atoms with Gasteiger partial charge in [0.1, 0.15) is 5.69 Å². The molecule has 0 saturated heterocycles. The van der Waals surface area contributed by atoms with Crippen LogP contribution in [0, 0.1) is 0 Å². The number of hydrogen-bond acceptors (Lipinski definition) is 6. The minimum absolute atomic E-state index is 0.121. The maximum Gasteiger partial charge on any atom is 0.336 e. The van der Waals surface area contributed by atoms with Crippen LogP contribution < -0.4 is 0 Å². The van der Waals surface area contributed by atoms with Gasteiger partial charge in [-0.25, -0.2) is 9.78 Å². The lowest BCUT2D eigenvalue weighted by molar-refractivity contribution is 0.0697. The minimum atomic E-state index is -1.04. The standard InChI is InChI=1S/C12H7N3O3S/c16-12(17)8-4-2-1-3-7(8)10-14-15-11(18-10)9-5-19-6-13-9/h1-6H,(H,16,17). The molecule has 2 aromatic heterocycles. The molecule has 0 amide bonds. The third-order valence-corrected chi connectivity index (χ3v) is 3.05. The summed E-state index contributed by atoms with van der Waals surface area (Å²) in [5.74, 6) is -0.596. The van der Waals surface area contributed by atoms with Crippen molar-refractivity contribution >= 4 is 17.3 Å². The van der Waals surface area contributed by atoms with Crippen molar-refractivity contribution in [3.8, 4) is 23.0 Å². The molecule has 0 bridgehead atoms. The van der Waals surface area contributed by atoms with E-state index in [9.17, 15) is 4.79 Å². The van der Waals surface area contributed by atoms with E-state index in [-0.39, 0.29) is 17.3 Å². The van der Waals surface area contributed by atoms with Gasteiger partial charge in [0.15, 0.2) is 0 Å². The van der Waals surface area contributed by atoms with Crippen molar-refractivity contribution in [2.45, 2.75) is 0 Å². The third kappa shape index (κ3) is 2.11. The molecule has 3 aromatic rings. The van der Waals surface area contributed by atoms with Gasteiger partial charge < -0.3 is 9.52 Å². The Morgan fingerprint density at radius 2 is 2.00 bits per heavy atom. The Morgan fingerprint density at radius 1 is 1.21 bits per heavy atom. The van der Waals surface area contributed by atoms with E-state index in [1.54, 1.807) is 29.1 Å². The van der Waals surface area contributed by atoms with Crippen LogP contribution in [-0.2, 0) is 0 Å². The van der Waals surface area contributed by atoms with Crippen LogP contribution in [0.15, 0.2) is 39.6 Å². The lowest BCUT2D eigenvalue weighted by Gasteiger charge is -1.99. The van der Waals surface area contributed by atoms with Crippen molar-refractivity contribution in [3.05, 3.63) is 40.7 Å². The van der Waals surface area contributed by atoms with E-state index in [0.29, 0.717) is 11.3 Å². The van der Waals surface area contributed by atoms with Gasteiger partial charge in [0.05, 0.1) is 16.6 Å². The number of carboxylic acid groups (broad SMARTS) is 1. The first-order valence-corrected chi connectivity index (χ1v) is 6.25. The first-order valence-electron chi connectivity index (χ1n) is 5.30. The molecule has 0 saturated carbocycles. The number of carbonyl (C=O) groups is 1. The summed E-state index contributed by atoms with van der Waals surface area (Å²) in [5.41, 5.74) is 2.75. The van der Waals surface area contributed by atoms with Gasteiger partial charge in [0.25, 0.3) is 5.89 Å². The van der Waals surface area contributed by atoms with Gasteiger partial charge in [-0.15, -0.1) is 21.5 Å². The molecule has 0 aliphatic rings. The number of hydrogen-bond donors (Lipinski definition) is 1. The van der Waals surface area contributed by atoms with Crippen molar-refractivity contribution < 1.29 is 14.3 Å². The van der Waals surface area contributed by atoms with Crippen LogP contribution >= 0.6 is 11.3 Å². The number of rotatable bonds is 3. The van der Waals surface area contributed by atoms with Crippen molar-refractivity contribution in [3.63, 3.8) is 0 Å². The van der Waals surface area contributed by atoms with Gasteiger partial charge >= 0.3 is 5.97 Å². The molecule has 0 fully saturated rings. The van der Waals surface area contributed by atoms with Gasteiger partial charge in [-0.2, -0.15) is 0 Å². The lowest BCUT2D eigenvalue weighted by Crippen LogP contribution is -1.98. The molecule has 94 valence electrons. The molecule has 0 radical (unpaired) electrons. The van der Waals surface area contributed by atoms with Crippen LogP contribution in [0.5, 0.6) is 0 Å². The average molecular weight is 273 g/mol. The number of benzene rings is 1. The average Bonchev–Trinajstić information content (AvgIpc) is 3.09. The topological polar surface area (TPSA) is 89.1 Å². The fraction of sp³-hybridized carbons (Fsp3) is 0. The third-order valence-electron chi connectivity index (χ3n) is 2.46. The maximum absolute atomic E-state index is 11.1.